The lowest BCUT2D eigenvalue weighted by molar-refractivity contribution is 0.0697. The second kappa shape index (κ2) is 12.0. The molecule has 1 amide bonds. The van der Waals surface area contributed by atoms with E-state index >= 15 is 0 Å². The Hall–Kier alpha value is -4.48. The third-order valence-electron chi connectivity index (χ3n) is 7.39. The highest BCUT2D eigenvalue weighted by atomic mass is 32.2. The molecule has 0 radical (unpaired) electrons. The molecule has 43 heavy (non-hydrogen) atoms. The maximum Gasteiger partial charge on any atom is 0.336 e. The normalized spacial score (nSPS) is 12.0. The summed E-state index contributed by atoms with van der Waals surface area (Å²) in [6.45, 7) is 10.2. The van der Waals surface area contributed by atoms with Crippen LogP contribution in [0.1, 0.15) is 41.5 Å². The molecule has 0 fully saturated rings. The second-order valence-corrected chi connectivity index (χ2v) is 17.9. The number of sulfonamides is 1. The van der Waals surface area contributed by atoms with Crippen molar-refractivity contribution in [3.63, 3.8) is 0 Å². The van der Waals surface area contributed by atoms with Gasteiger partial charge in [-0.25, -0.2) is 17.6 Å². The summed E-state index contributed by atoms with van der Waals surface area (Å²) in [4.78, 5) is 24.6. The molecule has 3 N–H and O–H groups in total. The summed E-state index contributed by atoms with van der Waals surface area (Å²) in [5.74, 6) is -1.77. The SMILES string of the molecule is CC(C)(C)[Si](C)(C)Oc1ccc(NC(=O)c2ccc(-c3ccccc3C(=O)O)cc2)cc1NS(=O)(=O)c1ccc(F)cc1. The van der Waals surface area contributed by atoms with Crippen molar-refractivity contribution in [1.82, 2.24) is 0 Å². The van der Waals surface area contributed by atoms with Crippen LogP contribution in [0.4, 0.5) is 15.8 Å². The largest absolute Gasteiger partial charge is 0.542 e. The highest BCUT2D eigenvalue weighted by Crippen LogP contribution is 2.40. The molecule has 0 saturated carbocycles. The number of aromatic carboxylic acids is 1. The predicted octanol–water partition coefficient (Wildman–Crippen LogP) is 7.63. The minimum Gasteiger partial charge on any atom is -0.542 e. The topological polar surface area (TPSA) is 122 Å². The van der Waals surface area contributed by atoms with Gasteiger partial charge in [-0.2, -0.15) is 0 Å². The van der Waals surface area contributed by atoms with Crippen molar-refractivity contribution in [2.24, 2.45) is 0 Å². The molecule has 0 bridgehead atoms. The number of halogens is 1. The molecule has 0 atom stereocenters. The van der Waals surface area contributed by atoms with E-state index in [0.717, 1.165) is 24.3 Å². The fourth-order valence-electron chi connectivity index (χ4n) is 3.95. The van der Waals surface area contributed by atoms with E-state index in [1.54, 1.807) is 54.6 Å². The van der Waals surface area contributed by atoms with Gasteiger partial charge in [0.2, 0.25) is 0 Å². The summed E-state index contributed by atoms with van der Waals surface area (Å²) >= 11 is 0. The molecule has 4 rings (SSSR count). The highest BCUT2D eigenvalue weighted by molar-refractivity contribution is 7.92. The molecule has 0 heterocycles. The van der Waals surface area contributed by atoms with Gasteiger partial charge in [0, 0.05) is 11.3 Å². The predicted molar refractivity (Wildman–Crippen MR) is 168 cm³/mol. The van der Waals surface area contributed by atoms with E-state index in [2.05, 4.69) is 30.8 Å². The lowest BCUT2D eigenvalue weighted by Gasteiger charge is -2.37. The molecule has 0 aromatic heterocycles. The molecular formula is C32H33FN2O6SSi. The van der Waals surface area contributed by atoms with Crippen LogP contribution in [0.25, 0.3) is 11.1 Å². The fraction of sp³-hybridized carbons (Fsp3) is 0.188. The van der Waals surface area contributed by atoms with E-state index in [0.29, 0.717) is 28.1 Å². The van der Waals surface area contributed by atoms with Crippen molar-refractivity contribution >= 4 is 41.6 Å². The zero-order valence-corrected chi connectivity index (χ0v) is 26.3. The number of hydrogen-bond acceptors (Lipinski definition) is 5. The molecule has 0 spiro atoms. The standard InChI is InChI=1S/C32H33FN2O6SSi/c1-32(2,3)43(4,5)41-29-19-16-24(20-28(29)35-42(39,40)25-17-14-23(33)15-18-25)34-30(36)22-12-10-21(11-13-22)26-8-6-7-9-27(26)31(37)38/h6-20,35H,1-5H3,(H,34,36)(H,37,38). The van der Waals surface area contributed by atoms with Crippen molar-refractivity contribution in [3.8, 4) is 16.9 Å². The number of nitrogens with one attached hydrogen (secondary N) is 2. The quantitative estimate of drug-likeness (QED) is 0.165. The van der Waals surface area contributed by atoms with Gasteiger partial charge in [-0.15, -0.1) is 0 Å². The second-order valence-electron chi connectivity index (χ2n) is 11.5. The maximum atomic E-state index is 13.4. The number of carbonyl (C=O) groups is 2. The molecule has 8 nitrogen and oxygen atoms in total. The van der Waals surface area contributed by atoms with Crippen LogP contribution < -0.4 is 14.5 Å². The Morgan fingerprint density at radius 2 is 1.51 bits per heavy atom. The van der Waals surface area contributed by atoms with Crippen LogP contribution in [0.15, 0.2) is 95.9 Å². The number of carboxylic acids is 1. The minimum atomic E-state index is -4.12. The Bertz CT molecular complexity index is 1770. The molecule has 4 aromatic carbocycles. The Balaban J connectivity index is 1.63. The van der Waals surface area contributed by atoms with Gasteiger partial charge in [-0.1, -0.05) is 51.1 Å². The van der Waals surface area contributed by atoms with E-state index in [1.807, 2.05) is 13.1 Å². The van der Waals surface area contributed by atoms with Crippen LogP contribution in [-0.4, -0.2) is 33.7 Å². The van der Waals surface area contributed by atoms with Crippen LogP contribution in [0.5, 0.6) is 5.75 Å². The van der Waals surface area contributed by atoms with Gasteiger partial charge in [-0.3, -0.25) is 9.52 Å². The first-order valence-electron chi connectivity index (χ1n) is 13.4. The van der Waals surface area contributed by atoms with Crippen LogP contribution in [0, 0.1) is 5.82 Å². The van der Waals surface area contributed by atoms with Gasteiger partial charge in [0.1, 0.15) is 11.6 Å². The summed E-state index contributed by atoms with van der Waals surface area (Å²) < 4.78 is 48.8. The molecule has 0 aliphatic carbocycles. The summed E-state index contributed by atoms with van der Waals surface area (Å²) in [7, 11) is -6.51. The van der Waals surface area contributed by atoms with E-state index in [-0.39, 0.29) is 21.2 Å². The van der Waals surface area contributed by atoms with Gasteiger partial charge in [0.25, 0.3) is 24.2 Å². The lowest BCUT2D eigenvalue weighted by atomic mass is 9.98. The van der Waals surface area contributed by atoms with Gasteiger partial charge >= 0.3 is 5.97 Å². The molecule has 0 aliphatic heterocycles. The summed E-state index contributed by atoms with van der Waals surface area (Å²) in [5.41, 5.74) is 2.05. The average molecular weight is 621 g/mol. The van der Waals surface area contributed by atoms with E-state index in [9.17, 15) is 27.5 Å². The summed E-state index contributed by atoms with van der Waals surface area (Å²) in [6, 6.07) is 22.2. The molecule has 224 valence electrons. The minimum absolute atomic E-state index is 0.118. The van der Waals surface area contributed by atoms with Gasteiger partial charge < -0.3 is 14.8 Å². The lowest BCUT2D eigenvalue weighted by Crippen LogP contribution is -2.44. The van der Waals surface area contributed by atoms with Crippen LogP contribution in [0.2, 0.25) is 18.1 Å². The Morgan fingerprint density at radius 3 is 2.12 bits per heavy atom. The Labute approximate surface area is 251 Å². The van der Waals surface area contributed by atoms with Crippen LogP contribution >= 0.6 is 0 Å². The van der Waals surface area contributed by atoms with E-state index in [1.165, 1.54) is 12.1 Å². The maximum absolute atomic E-state index is 13.4. The molecule has 0 unspecified atom stereocenters. The van der Waals surface area contributed by atoms with E-state index in [4.69, 9.17) is 4.43 Å². The monoisotopic (exact) mass is 620 g/mol. The molecule has 4 aromatic rings. The third kappa shape index (κ3) is 7.30. The highest BCUT2D eigenvalue weighted by Gasteiger charge is 2.39. The van der Waals surface area contributed by atoms with Crippen LogP contribution in [-0.2, 0) is 10.0 Å². The first-order chi connectivity index (χ1) is 20.1. The number of carbonyl (C=O) groups excluding carboxylic acids is 1. The van der Waals surface area contributed by atoms with Crippen molar-refractivity contribution < 1.29 is 31.9 Å². The summed E-state index contributed by atoms with van der Waals surface area (Å²) in [5, 5.41) is 12.1. The number of amides is 1. The number of anilines is 2. The number of carboxylic acid groups (broad SMARTS) is 1. The molecular weight excluding hydrogens is 588 g/mol. The fourth-order valence-corrected chi connectivity index (χ4v) is 6.04. The average Bonchev–Trinajstić information content (AvgIpc) is 2.94. The van der Waals surface area contributed by atoms with Gasteiger partial charge in [-0.05, 0) is 89.9 Å². The molecule has 0 aliphatic rings. The van der Waals surface area contributed by atoms with E-state index < -0.39 is 36.0 Å². The van der Waals surface area contributed by atoms with Crippen molar-refractivity contribution in [1.29, 1.82) is 0 Å². The third-order valence-corrected chi connectivity index (χ3v) is 13.1. The van der Waals surface area contributed by atoms with Gasteiger partial charge in [0.05, 0.1) is 16.1 Å². The van der Waals surface area contributed by atoms with Crippen molar-refractivity contribution in [3.05, 3.63) is 108 Å². The number of hydrogen-bond donors (Lipinski definition) is 3. The molecule has 0 saturated heterocycles. The zero-order valence-electron chi connectivity index (χ0n) is 24.4. The number of benzene rings is 4. The first kappa shape index (κ1) is 31.5. The van der Waals surface area contributed by atoms with Crippen molar-refractivity contribution in [2.45, 2.75) is 43.8 Å². The smallest absolute Gasteiger partial charge is 0.336 e. The first-order valence-corrected chi connectivity index (χ1v) is 17.8. The van der Waals surface area contributed by atoms with Crippen molar-refractivity contribution in [2.75, 3.05) is 10.0 Å². The van der Waals surface area contributed by atoms with Crippen LogP contribution in [0.3, 0.4) is 0 Å². The Kier molecular flexibility index (Phi) is 8.79. The van der Waals surface area contributed by atoms with Gasteiger partial charge in [0.15, 0.2) is 0 Å². The summed E-state index contributed by atoms with van der Waals surface area (Å²) in [6.07, 6.45) is 0. The molecule has 11 heteroatoms. The zero-order chi connectivity index (χ0) is 31.6. The Morgan fingerprint density at radius 1 is 0.884 bits per heavy atom. The number of rotatable bonds is 9.